The molecular formula is C14H17FN4O2. The number of rotatable bonds is 5. The lowest BCUT2D eigenvalue weighted by molar-refractivity contribution is -0.120. The number of hydrogen-bond acceptors (Lipinski definition) is 3. The van der Waals surface area contributed by atoms with E-state index in [9.17, 15) is 14.0 Å². The molecule has 0 aliphatic rings. The molecule has 1 aromatic heterocycles. The van der Waals surface area contributed by atoms with Crippen LogP contribution < -0.4 is 11.0 Å². The summed E-state index contributed by atoms with van der Waals surface area (Å²) in [5.74, 6) is 0.0463. The maximum absolute atomic E-state index is 12.9. The molecule has 0 aliphatic carbocycles. The molecule has 1 N–H and O–H groups in total. The maximum Gasteiger partial charge on any atom is 0.345 e. The number of benzene rings is 1. The van der Waals surface area contributed by atoms with Gasteiger partial charge in [0.05, 0.1) is 6.54 Å². The van der Waals surface area contributed by atoms with Gasteiger partial charge in [-0.1, -0.05) is 6.92 Å². The van der Waals surface area contributed by atoms with Crippen molar-refractivity contribution in [1.29, 1.82) is 0 Å². The molecule has 0 spiro atoms. The molecule has 0 bridgehead atoms. The van der Waals surface area contributed by atoms with Crippen LogP contribution in [0.1, 0.15) is 13.3 Å². The van der Waals surface area contributed by atoms with Gasteiger partial charge in [0.2, 0.25) is 5.91 Å². The highest BCUT2D eigenvalue weighted by Crippen LogP contribution is 2.15. The molecule has 2 rings (SSSR count). The van der Waals surface area contributed by atoms with Gasteiger partial charge in [0.15, 0.2) is 5.82 Å². The van der Waals surface area contributed by atoms with E-state index in [1.807, 2.05) is 0 Å². The Hall–Kier alpha value is -2.44. The Morgan fingerprint density at radius 2 is 2.00 bits per heavy atom. The second kappa shape index (κ2) is 6.34. The van der Waals surface area contributed by atoms with Gasteiger partial charge < -0.3 is 5.32 Å². The van der Waals surface area contributed by atoms with E-state index in [1.165, 1.54) is 21.4 Å². The maximum atomic E-state index is 12.9. The smallest absolute Gasteiger partial charge is 0.345 e. The van der Waals surface area contributed by atoms with E-state index in [4.69, 9.17) is 0 Å². The highest BCUT2D eigenvalue weighted by Gasteiger charge is 2.12. The van der Waals surface area contributed by atoms with Gasteiger partial charge in [-0.15, -0.1) is 5.10 Å². The van der Waals surface area contributed by atoms with Crippen molar-refractivity contribution in [2.45, 2.75) is 19.9 Å². The summed E-state index contributed by atoms with van der Waals surface area (Å²) in [6.45, 7) is 2.39. The molecule has 112 valence electrons. The standard InChI is InChI=1S/C14H17FN4O2/c1-3-12(20)16-8-9-19-14(21)18(2)13(17-19)10-4-6-11(15)7-5-10/h4-7H,3,8-9H2,1-2H3,(H,16,20). The van der Waals surface area contributed by atoms with Crippen molar-refractivity contribution in [3.8, 4) is 11.4 Å². The minimum Gasteiger partial charge on any atom is -0.354 e. The number of amides is 1. The zero-order chi connectivity index (χ0) is 15.4. The first kappa shape index (κ1) is 15.0. The lowest BCUT2D eigenvalue weighted by Crippen LogP contribution is -2.31. The molecule has 1 aromatic carbocycles. The lowest BCUT2D eigenvalue weighted by atomic mass is 10.2. The van der Waals surface area contributed by atoms with E-state index < -0.39 is 0 Å². The second-order valence-electron chi connectivity index (χ2n) is 4.60. The minimum absolute atomic E-state index is 0.0715. The molecule has 2 aromatic rings. The van der Waals surface area contributed by atoms with Crippen molar-refractivity contribution < 1.29 is 9.18 Å². The Kier molecular flexibility index (Phi) is 4.52. The third-order valence-corrected chi connectivity index (χ3v) is 3.11. The van der Waals surface area contributed by atoms with Crippen LogP contribution >= 0.6 is 0 Å². The molecule has 0 saturated carbocycles. The van der Waals surface area contributed by atoms with E-state index in [0.29, 0.717) is 30.9 Å². The van der Waals surface area contributed by atoms with Crippen LogP contribution in [-0.4, -0.2) is 26.8 Å². The Morgan fingerprint density at radius 1 is 1.33 bits per heavy atom. The molecule has 0 atom stereocenters. The normalized spacial score (nSPS) is 10.6. The first-order chi connectivity index (χ1) is 10.0. The van der Waals surface area contributed by atoms with Crippen molar-refractivity contribution >= 4 is 5.91 Å². The van der Waals surface area contributed by atoms with Gasteiger partial charge in [-0.05, 0) is 24.3 Å². The zero-order valence-electron chi connectivity index (χ0n) is 12.0. The quantitative estimate of drug-likeness (QED) is 0.890. The second-order valence-corrected chi connectivity index (χ2v) is 4.60. The number of nitrogens with zero attached hydrogens (tertiary/aromatic N) is 3. The van der Waals surface area contributed by atoms with Crippen LogP contribution in [0.2, 0.25) is 0 Å². The third kappa shape index (κ3) is 3.36. The first-order valence-electron chi connectivity index (χ1n) is 6.69. The summed E-state index contributed by atoms with van der Waals surface area (Å²) in [6, 6.07) is 5.78. The molecule has 0 fully saturated rings. The van der Waals surface area contributed by atoms with Crippen molar-refractivity contribution in [3.63, 3.8) is 0 Å². The summed E-state index contributed by atoms with van der Waals surface area (Å²) >= 11 is 0. The van der Waals surface area contributed by atoms with E-state index in [2.05, 4.69) is 10.4 Å². The fraction of sp³-hybridized carbons (Fsp3) is 0.357. The van der Waals surface area contributed by atoms with Crippen LogP contribution in [0.4, 0.5) is 4.39 Å². The summed E-state index contributed by atoms with van der Waals surface area (Å²) in [7, 11) is 1.61. The highest BCUT2D eigenvalue weighted by atomic mass is 19.1. The number of carbonyl (C=O) groups is 1. The Morgan fingerprint density at radius 3 is 2.62 bits per heavy atom. The molecule has 0 unspecified atom stereocenters. The van der Waals surface area contributed by atoms with Gasteiger partial charge in [-0.2, -0.15) is 0 Å². The summed E-state index contributed by atoms with van der Waals surface area (Å²) in [4.78, 5) is 23.2. The van der Waals surface area contributed by atoms with Crippen LogP contribution in [0, 0.1) is 5.82 Å². The summed E-state index contributed by atoms with van der Waals surface area (Å²) in [5, 5.41) is 6.91. The first-order valence-corrected chi connectivity index (χ1v) is 6.69. The van der Waals surface area contributed by atoms with Gasteiger partial charge in [0.25, 0.3) is 0 Å². The Bertz CT molecular complexity index is 688. The van der Waals surface area contributed by atoms with Gasteiger partial charge in [-0.3, -0.25) is 9.36 Å². The van der Waals surface area contributed by atoms with Crippen LogP contribution in [0.3, 0.4) is 0 Å². The Labute approximate surface area is 121 Å². The largest absolute Gasteiger partial charge is 0.354 e. The van der Waals surface area contributed by atoms with Gasteiger partial charge in [0, 0.05) is 25.6 Å². The molecule has 1 heterocycles. The van der Waals surface area contributed by atoms with Crippen molar-refractivity contribution in [1.82, 2.24) is 19.7 Å². The Balaban J connectivity index is 2.18. The number of aromatic nitrogens is 3. The van der Waals surface area contributed by atoms with Crippen molar-refractivity contribution in [2.75, 3.05) is 6.54 Å². The minimum atomic E-state index is -0.342. The molecule has 7 heteroatoms. The molecule has 21 heavy (non-hydrogen) atoms. The van der Waals surface area contributed by atoms with Crippen LogP contribution in [0.15, 0.2) is 29.1 Å². The third-order valence-electron chi connectivity index (χ3n) is 3.11. The fourth-order valence-electron chi connectivity index (χ4n) is 1.91. The topological polar surface area (TPSA) is 68.9 Å². The molecule has 0 radical (unpaired) electrons. The van der Waals surface area contributed by atoms with Crippen molar-refractivity contribution in [2.24, 2.45) is 7.05 Å². The number of hydrogen-bond donors (Lipinski definition) is 1. The molecular weight excluding hydrogens is 275 g/mol. The van der Waals surface area contributed by atoms with Crippen LogP contribution in [0.5, 0.6) is 0 Å². The van der Waals surface area contributed by atoms with Crippen molar-refractivity contribution in [3.05, 3.63) is 40.6 Å². The fourth-order valence-corrected chi connectivity index (χ4v) is 1.91. The summed E-state index contributed by atoms with van der Waals surface area (Å²) < 4.78 is 15.6. The van der Waals surface area contributed by atoms with Crippen LogP contribution in [0.25, 0.3) is 11.4 Å². The SMILES string of the molecule is CCC(=O)NCCn1nc(-c2ccc(F)cc2)n(C)c1=O. The number of carbonyl (C=O) groups excluding carboxylic acids is 1. The molecule has 0 saturated heterocycles. The number of halogens is 1. The highest BCUT2D eigenvalue weighted by molar-refractivity contribution is 5.75. The van der Waals surface area contributed by atoms with E-state index in [0.717, 1.165) is 0 Å². The summed E-state index contributed by atoms with van der Waals surface area (Å²) in [6.07, 6.45) is 0.401. The average Bonchev–Trinajstić information content (AvgIpc) is 2.76. The summed E-state index contributed by atoms with van der Waals surface area (Å²) in [5.41, 5.74) is 0.382. The predicted octanol–water partition coefficient (Wildman–Crippen LogP) is 0.914. The lowest BCUT2D eigenvalue weighted by Gasteiger charge is -2.02. The van der Waals surface area contributed by atoms with Crippen LogP contribution in [-0.2, 0) is 18.4 Å². The molecule has 6 nitrogen and oxygen atoms in total. The monoisotopic (exact) mass is 292 g/mol. The number of nitrogens with one attached hydrogen (secondary N) is 1. The van der Waals surface area contributed by atoms with E-state index in [1.54, 1.807) is 26.1 Å². The average molecular weight is 292 g/mol. The van der Waals surface area contributed by atoms with E-state index in [-0.39, 0.29) is 17.4 Å². The zero-order valence-corrected chi connectivity index (χ0v) is 12.0. The van der Waals surface area contributed by atoms with Gasteiger partial charge >= 0.3 is 5.69 Å². The van der Waals surface area contributed by atoms with Gasteiger partial charge in [0.1, 0.15) is 5.82 Å². The predicted molar refractivity (Wildman–Crippen MR) is 76.2 cm³/mol. The molecule has 1 amide bonds. The molecule has 0 aliphatic heterocycles. The van der Waals surface area contributed by atoms with Gasteiger partial charge in [-0.25, -0.2) is 13.9 Å². The van der Waals surface area contributed by atoms with E-state index >= 15 is 0 Å².